The van der Waals surface area contributed by atoms with Crippen molar-refractivity contribution >= 4 is 0 Å². The topological polar surface area (TPSA) is 74.8 Å². The fourth-order valence-electron chi connectivity index (χ4n) is 1.66. The quantitative estimate of drug-likeness (QED) is 0.349. The largest absolute Gasteiger partial charge is 0.328 e. The highest BCUT2D eigenvalue weighted by atomic mass is 15.1. The normalized spacial score (nSPS) is 37.8. The molecule has 1 rings (SSSR count). The lowest BCUT2D eigenvalue weighted by atomic mass is 9.84. The molecular formula is C7H14N4. The van der Waals surface area contributed by atoms with Gasteiger partial charge in [-0.2, -0.15) is 0 Å². The third-order valence-corrected chi connectivity index (χ3v) is 2.36. The van der Waals surface area contributed by atoms with Crippen LogP contribution in [0, 0.1) is 5.92 Å². The Morgan fingerprint density at radius 3 is 2.82 bits per heavy atom. The molecule has 0 saturated heterocycles. The molecule has 0 heterocycles. The SMILES string of the molecule is C[C@@H]1C[C@H](N)CC[C@H]1N=[N+]=[N-]. The Morgan fingerprint density at radius 2 is 2.27 bits per heavy atom. The molecule has 4 heteroatoms. The van der Waals surface area contributed by atoms with Crippen LogP contribution in [0.5, 0.6) is 0 Å². The maximum absolute atomic E-state index is 8.23. The van der Waals surface area contributed by atoms with Gasteiger partial charge in [-0.1, -0.05) is 12.0 Å². The van der Waals surface area contributed by atoms with Gasteiger partial charge in [0.05, 0.1) is 0 Å². The average molecular weight is 154 g/mol. The van der Waals surface area contributed by atoms with E-state index in [9.17, 15) is 0 Å². The van der Waals surface area contributed by atoms with E-state index in [-0.39, 0.29) is 6.04 Å². The molecule has 3 atom stereocenters. The maximum Gasteiger partial charge on any atom is 0.0400 e. The van der Waals surface area contributed by atoms with Crippen LogP contribution in [0.4, 0.5) is 0 Å². The standard InChI is InChI=1S/C7H14N4/c1-5-4-6(8)2-3-7(5)10-11-9/h5-7H,2-4,8H2,1H3/t5-,6-,7-/m1/s1. The molecule has 0 aromatic carbocycles. The Morgan fingerprint density at radius 1 is 1.55 bits per heavy atom. The van der Waals surface area contributed by atoms with Gasteiger partial charge < -0.3 is 5.73 Å². The minimum absolute atomic E-state index is 0.180. The predicted octanol–water partition coefficient (Wildman–Crippen LogP) is 1.81. The third-order valence-electron chi connectivity index (χ3n) is 2.36. The second-order valence-corrected chi connectivity index (χ2v) is 3.32. The minimum Gasteiger partial charge on any atom is -0.328 e. The number of hydrogen-bond acceptors (Lipinski definition) is 2. The Hall–Kier alpha value is -0.730. The summed E-state index contributed by atoms with van der Waals surface area (Å²) in [6.45, 7) is 2.10. The second kappa shape index (κ2) is 3.60. The van der Waals surface area contributed by atoms with E-state index in [1.807, 2.05) is 0 Å². The van der Waals surface area contributed by atoms with Crippen molar-refractivity contribution in [1.82, 2.24) is 0 Å². The van der Waals surface area contributed by atoms with Crippen LogP contribution in [0.3, 0.4) is 0 Å². The van der Waals surface area contributed by atoms with Gasteiger partial charge in [0.15, 0.2) is 0 Å². The van der Waals surface area contributed by atoms with Gasteiger partial charge in [0.25, 0.3) is 0 Å². The smallest absolute Gasteiger partial charge is 0.0400 e. The molecular weight excluding hydrogens is 140 g/mol. The van der Waals surface area contributed by atoms with E-state index in [4.69, 9.17) is 11.3 Å². The molecule has 0 aromatic rings. The molecule has 11 heavy (non-hydrogen) atoms. The first kappa shape index (κ1) is 8.37. The Kier molecular flexibility index (Phi) is 2.74. The number of azide groups is 1. The lowest BCUT2D eigenvalue weighted by Gasteiger charge is -2.28. The molecule has 2 N–H and O–H groups in total. The molecule has 1 aliphatic rings. The molecule has 0 bridgehead atoms. The molecule has 62 valence electrons. The van der Waals surface area contributed by atoms with E-state index in [2.05, 4.69) is 16.9 Å². The van der Waals surface area contributed by atoms with E-state index in [0.717, 1.165) is 19.3 Å². The third kappa shape index (κ3) is 2.10. The molecule has 1 aliphatic carbocycles. The van der Waals surface area contributed by atoms with Crippen molar-refractivity contribution in [3.05, 3.63) is 10.4 Å². The number of hydrogen-bond donors (Lipinski definition) is 1. The molecule has 0 aromatic heterocycles. The molecule has 1 saturated carbocycles. The summed E-state index contributed by atoms with van der Waals surface area (Å²) in [4.78, 5) is 2.82. The zero-order valence-corrected chi connectivity index (χ0v) is 6.77. The lowest BCUT2D eigenvalue weighted by molar-refractivity contribution is 0.299. The van der Waals surface area contributed by atoms with Crippen LogP contribution in [0.15, 0.2) is 5.11 Å². The Bertz CT molecular complexity index is 173. The number of rotatable bonds is 1. The minimum atomic E-state index is 0.180. The van der Waals surface area contributed by atoms with Crippen molar-refractivity contribution in [1.29, 1.82) is 0 Å². The summed E-state index contributed by atoms with van der Waals surface area (Å²) in [6, 6.07) is 0.495. The van der Waals surface area contributed by atoms with E-state index in [1.54, 1.807) is 0 Å². The van der Waals surface area contributed by atoms with Crippen molar-refractivity contribution in [2.45, 2.75) is 38.3 Å². The number of nitrogens with zero attached hydrogens (tertiary/aromatic N) is 3. The van der Waals surface area contributed by atoms with Crippen molar-refractivity contribution in [2.75, 3.05) is 0 Å². The molecule has 1 fully saturated rings. The van der Waals surface area contributed by atoms with Crippen molar-refractivity contribution < 1.29 is 0 Å². The van der Waals surface area contributed by atoms with Crippen LogP contribution in [-0.4, -0.2) is 12.1 Å². The maximum atomic E-state index is 8.23. The summed E-state index contributed by atoms with van der Waals surface area (Å²) in [7, 11) is 0. The van der Waals surface area contributed by atoms with Gasteiger partial charge in [-0.15, -0.1) is 0 Å². The molecule has 4 nitrogen and oxygen atoms in total. The van der Waals surface area contributed by atoms with Crippen LogP contribution >= 0.6 is 0 Å². The second-order valence-electron chi connectivity index (χ2n) is 3.32. The fraction of sp³-hybridized carbons (Fsp3) is 1.00. The van der Waals surface area contributed by atoms with Crippen molar-refractivity contribution in [2.24, 2.45) is 16.8 Å². The molecule has 0 amide bonds. The zero-order valence-electron chi connectivity index (χ0n) is 6.77. The van der Waals surface area contributed by atoms with Crippen LogP contribution in [0.25, 0.3) is 10.4 Å². The van der Waals surface area contributed by atoms with Gasteiger partial charge >= 0.3 is 0 Å². The van der Waals surface area contributed by atoms with Crippen LogP contribution < -0.4 is 5.73 Å². The Labute approximate surface area is 66.4 Å². The monoisotopic (exact) mass is 154 g/mol. The highest BCUT2D eigenvalue weighted by Gasteiger charge is 2.24. The summed E-state index contributed by atoms with van der Waals surface area (Å²) < 4.78 is 0. The first-order valence-corrected chi connectivity index (χ1v) is 4.04. The van der Waals surface area contributed by atoms with Crippen LogP contribution in [-0.2, 0) is 0 Å². The fourth-order valence-corrected chi connectivity index (χ4v) is 1.66. The first-order chi connectivity index (χ1) is 5.24. The van der Waals surface area contributed by atoms with Gasteiger partial charge in [-0.3, -0.25) is 0 Å². The average Bonchev–Trinajstić information content (AvgIpc) is 1.95. The summed E-state index contributed by atoms with van der Waals surface area (Å²) in [6.07, 6.45) is 2.93. The predicted molar refractivity (Wildman–Crippen MR) is 43.9 cm³/mol. The van der Waals surface area contributed by atoms with Crippen molar-refractivity contribution in [3.63, 3.8) is 0 Å². The summed E-state index contributed by atoms with van der Waals surface area (Å²) >= 11 is 0. The van der Waals surface area contributed by atoms with Gasteiger partial charge in [-0.25, -0.2) is 0 Å². The highest BCUT2D eigenvalue weighted by Crippen LogP contribution is 2.25. The Balaban J connectivity index is 2.50. The van der Waals surface area contributed by atoms with Gasteiger partial charge in [0.1, 0.15) is 0 Å². The molecule has 0 radical (unpaired) electrons. The van der Waals surface area contributed by atoms with E-state index >= 15 is 0 Å². The van der Waals surface area contributed by atoms with E-state index in [0.29, 0.717) is 12.0 Å². The van der Waals surface area contributed by atoms with Crippen molar-refractivity contribution in [3.8, 4) is 0 Å². The molecule has 0 unspecified atom stereocenters. The zero-order chi connectivity index (χ0) is 8.27. The first-order valence-electron chi connectivity index (χ1n) is 4.04. The van der Waals surface area contributed by atoms with E-state index < -0.39 is 0 Å². The van der Waals surface area contributed by atoms with Gasteiger partial charge in [0, 0.05) is 17.0 Å². The molecule has 0 spiro atoms. The summed E-state index contributed by atoms with van der Waals surface area (Å²) in [5, 5.41) is 3.72. The van der Waals surface area contributed by atoms with Gasteiger partial charge in [0.2, 0.25) is 0 Å². The highest BCUT2D eigenvalue weighted by molar-refractivity contribution is 4.83. The van der Waals surface area contributed by atoms with Crippen LogP contribution in [0.1, 0.15) is 26.2 Å². The van der Waals surface area contributed by atoms with E-state index in [1.165, 1.54) is 0 Å². The van der Waals surface area contributed by atoms with Gasteiger partial charge in [-0.05, 0) is 30.7 Å². The lowest BCUT2D eigenvalue weighted by Crippen LogP contribution is -2.33. The summed E-state index contributed by atoms with van der Waals surface area (Å²) in [5.41, 5.74) is 14.0. The van der Waals surface area contributed by atoms with Crippen LogP contribution in [0.2, 0.25) is 0 Å². The number of nitrogens with two attached hydrogens (primary N) is 1. The summed E-state index contributed by atoms with van der Waals surface area (Å²) in [5.74, 6) is 0.453. The molecule has 0 aliphatic heterocycles.